The Morgan fingerprint density at radius 3 is 2.62 bits per heavy atom. The molecule has 0 unspecified atom stereocenters. The van der Waals surface area contributed by atoms with Crippen molar-refractivity contribution < 1.29 is 9.90 Å². The summed E-state index contributed by atoms with van der Waals surface area (Å²) < 4.78 is 0. The Hall–Kier alpha value is -0.830. The fraction of sp³-hybridized carbons (Fsp3) is 0.700. The van der Waals surface area contributed by atoms with Gasteiger partial charge in [0.2, 0.25) is 0 Å². The zero-order valence-corrected chi connectivity index (χ0v) is 7.83. The van der Waals surface area contributed by atoms with E-state index in [1.807, 2.05) is 12.2 Å². The normalized spacial score (nSPS) is 21.0. The lowest BCUT2D eigenvalue weighted by Gasteiger charge is -2.17. The van der Waals surface area contributed by atoms with E-state index in [1.165, 1.54) is 12.8 Å². The highest BCUT2D eigenvalue weighted by Crippen LogP contribution is 2.28. The zero-order valence-electron chi connectivity index (χ0n) is 7.83. The first-order chi connectivity index (χ1) is 6.12. The van der Waals surface area contributed by atoms with E-state index >= 15 is 0 Å². The van der Waals surface area contributed by atoms with E-state index in [4.69, 9.17) is 10.8 Å². The number of carboxylic acid groups (broad SMARTS) is 1. The summed E-state index contributed by atoms with van der Waals surface area (Å²) in [5.41, 5.74) is 5.90. The number of hydrogen-bond acceptors (Lipinski definition) is 2. The SMILES string of the molecule is NC1(/C=C/CCC(=O)O)CCCC1. The topological polar surface area (TPSA) is 63.3 Å². The van der Waals surface area contributed by atoms with Crippen molar-refractivity contribution in [3.8, 4) is 0 Å². The van der Waals surface area contributed by atoms with Crippen LogP contribution >= 0.6 is 0 Å². The molecular weight excluding hydrogens is 166 g/mol. The van der Waals surface area contributed by atoms with E-state index in [-0.39, 0.29) is 12.0 Å². The summed E-state index contributed by atoms with van der Waals surface area (Å²) in [4.78, 5) is 10.2. The minimum absolute atomic E-state index is 0.140. The molecule has 0 atom stereocenters. The molecule has 0 aromatic rings. The summed E-state index contributed by atoms with van der Waals surface area (Å²) in [6.45, 7) is 0. The number of aliphatic carboxylic acids is 1. The summed E-state index contributed by atoms with van der Waals surface area (Å²) in [5.74, 6) is -0.748. The molecule has 1 rings (SSSR count). The molecule has 0 aromatic carbocycles. The quantitative estimate of drug-likeness (QED) is 0.652. The molecule has 0 aromatic heterocycles. The molecule has 0 heterocycles. The molecule has 13 heavy (non-hydrogen) atoms. The Morgan fingerprint density at radius 2 is 2.08 bits per heavy atom. The van der Waals surface area contributed by atoms with Crippen LogP contribution in [-0.2, 0) is 4.79 Å². The number of hydrogen-bond donors (Lipinski definition) is 2. The van der Waals surface area contributed by atoms with Gasteiger partial charge in [0, 0.05) is 12.0 Å². The molecule has 1 aliphatic rings. The number of carboxylic acids is 1. The molecular formula is C10H17NO2. The predicted octanol–water partition coefficient (Wildman–Crippen LogP) is 1.68. The Morgan fingerprint density at radius 1 is 1.46 bits per heavy atom. The van der Waals surface area contributed by atoms with E-state index < -0.39 is 5.97 Å². The van der Waals surface area contributed by atoms with Gasteiger partial charge in [-0.05, 0) is 19.3 Å². The van der Waals surface area contributed by atoms with Crippen molar-refractivity contribution in [2.45, 2.75) is 44.1 Å². The summed E-state index contributed by atoms with van der Waals surface area (Å²) >= 11 is 0. The molecule has 0 spiro atoms. The lowest BCUT2D eigenvalue weighted by atomic mass is 9.98. The maximum Gasteiger partial charge on any atom is 0.303 e. The third kappa shape index (κ3) is 3.59. The van der Waals surface area contributed by atoms with Gasteiger partial charge in [0.1, 0.15) is 0 Å². The fourth-order valence-corrected chi connectivity index (χ4v) is 1.72. The Bertz CT molecular complexity index is 205. The predicted molar refractivity (Wildman–Crippen MR) is 51.4 cm³/mol. The van der Waals surface area contributed by atoms with Crippen LogP contribution in [0.3, 0.4) is 0 Å². The Labute approximate surface area is 78.6 Å². The molecule has 0 bridgehead atoms. The molecule has 3 nitrogen and oxygen atoms in total. The lowest BCUT2D eigenvalue weighted by Crippen LogP contribution is -2.33. The highest BCUT2D eigenvalue weighted by Gasteiger charge is 2.25. The molecule has 1 aliphatic carbocycles. The summed E-state index contributed by atoms with van der Waals surface area (Å²) in [7, 11) is 0. The van der Waals surface area contributed by atoms with Crippen LogP contribution in [-0.4, -0.2) is 16.6 Å². The molecule has 0 amide bonds. The molecule has 0 saturated heterocycles. The minimum atomic E-state index is -0.748. The van der Waals surface area contributed by atoms with Gasteiger partial charge in [-0.3, -0.25) is 4.79 Å². The first-order valence-corrected chi connectivity index (χ1v) is 4.81. The second kappa shape index (κ2) is 4.42. The molecule has 3 N–H and O–H groups in total. The van der Waals surface area contributed by atoms with Crippen molar-refractivity contribution in [2.75, 3.05) is 0 Å². The van der Waals surface area contributed by atoms with Crippen molar-refractivity contribution in [2.24, 2.45) is 5.73 Å². The monoisotopic (exact) mass is 183 g/mol. The van der Waals surface area contributed by atoms with Crippen molar-refractivity contribution in [3.63, 3.8) is 0 Å². The molecule has 1 fully saturated rings. The third-order valence-electron chi connectivity index (χ3n) is 2.51. The van der Waals surface area contributed by atoms with Gasteiger partial charge in [-0.2, -0.15) is 0 Å². The highest BCUT2D eigenvalue weighted by molar-refractivity contribution is 5.66. The van der Waals surface area contributed by atoms with Crippen LogP contribution in [0.1, 0.15) is 38.5 Å². The number of allylic oxidation sites excluding steroid dienone is 1. The lowest BCUT2D eigenvalue weighted by molar-refractivity contribution is -0.136. The molecule has 3 heteroatoms. The highest BCUT2D eigenvalue weighted by atomic mass is 16.4. The summed E-state index contributed by atoms with van der Waals surface area (Å²) in [6, 6.07) is 0. The van der Waals surface area contributed by atoms with Crippen molar-refractivity contribution in [3.05, 3.63) is 12.2 Å². The van der Waals surface area contributed by atoms with E-state index in [1.54, 1.807) is 0 Å². The number of rotatable bonds is 4. The number of nitrogens with two attached hydrogens (primary N) is 1. The molecule has 74 valence electrons. The van der Waals surface area contributed by atoms with Crippen LogP contribution in [0.15, 0.2) is 12.2 Å². The van der Waals surface area contributed by atoms with E-state index in [2.05, 4.69) is 0 Å². The maximum atomic E-state index is 10.2. The van der Waals surface area contributed by atoms with Crippen LogP contribution in [0, 0.1) is 0 Å². The first-order valence-electron chi connectivity index (χ1n) is 4.81. The fourth-order valence-electron chi connectivity index (χ4n) is 1.72. The van der Waals surface area contributed by atoms with Crippen LogP contribution < -0.4 is 5.73 Å². The molecule has 0 radical (unpaired) electrons. The van der Waals surface area contributed by atoms with Gasteiger partial charge in [-0.25, -0.2) is 0 Å². The van der Waals surface area contributed by atoms with Gasteiger partial charge >= 0.3 is 5.97 Å². The summed E-state index contributed by atoms with van der Waals surface area (Å²) in [6.07, 6.45) is 9.15. The van der Waals surface area contributed by atoms with Crippen LogP contribution in [0.2, 0.25) is 0 Å². The van der Waals surface area contributed by atoms with Crippen LogP contribution in [0.5, 0.6) is 0 Å². The van der Waals surface area contributed by atoms with Crippen molar-refractivity contribution in [1.82, 2.24) is 0 Å². The van der Waals surface area contributed by atoms with Crippen molar-refractivity contribution >= 4 is 5.97 Å². The zero-order chi connectivity index (χ0) is 9.73. The smallest absolute Gasteiger partial charge is 0.303 e. The second-order valence-corrected chi connectivity index (χ2v) is 3.78. The average molecular weight is 183 g/mol. The minimum Gasteiger partial charge on any atom is -0.481 e. The van der Waals surface area contributed by atoms with Crippen molar-refractivity contribution in [1.29, 1.82) is 0 Å². The van der Waals surface area contributed by atoms with E-state index in [0.29, 0.717) is 6.42 Å². The molecule has 0 aliphatic heterocycles. The van der Waals surface area contributed by atoms with Gasteiger partial charge in [0.15, 0.2) is 0 Å². The average Bonchev–Trinajstić information content (AvgIpc) is 2.47. The van der Waals surface area contributed by atoms with Gasteiger partial charge in [0.25, 0.3) is 0 Å². The molecule has 1 saturated carbocycles. The first kappa shape index (κ1) is 10.3. The standard InChI is InChI=1S/C10H17NO2/c11-10(7-3-4-8-10)6-2-1-5-9(12)13/h2,6H,1,3-5,7-8,11H2,(H,12,13)/b6-2+. The van der Waals surface area contributed by atoms with Gasteiger partial charge in [-0.1, -0.05) is 25.0 Å². The van der Waals surface area contributed by atoms with Gasteiger partial charge in [-0.15, -0.1) is 0 Å². The maximum absolute atomic E-state index is 10.2. The largest absolute Gasteiger partial charge is 0.481 e. The van der Waals surface area contributed by atoms with Crippen LogP contribution in [0.4, 0.5) is 0 Å². The number of carbonyl (C=O) groups is 1. The summed E-state index contributed by atoms with van der Waals surface area (Å²) in [5, 5.41) is 8.40. The Balaban J connectivity index is 2.26. The van der Waals surface area contributed by atoms with E-state index in [9.17, 15) is 4.79 Å². The third-order valence-corrected chi connectivity index (χ3v) is 2.51. The van der Waals surface area contributed by atoms with Gasteiger partial charge in [0.05, 0.1) is 0 Å². The second-order valence-electron chi connectivity index (χ2n) is 3.78. The van der Waals surface area contributed by atoms with Crippen LogP contribution in [0.25, 0.3) is 0 Å². The Kier molecular flexibility index (Phi) is 3.48. The van der Waals surface area contributed by atoms with E-state index in [0.717, 1.165) is 12.8 Å². The van der Waals surface area contributed by atoms with Gasteiger partial charge < -0.3 is 10.8 Å².